The van der Waals surface area contributed by atoms with Crippen molar-refractivity contribution >= 4 is 27.5 Å². The number of aryl methyl sites for hydroxylation is 2. The normalized spacial score (nSPS) is 11.9. The van der Waals surface area contributed by atoms with Gasteiger partial charge in [0.1, 0.15) is 11.3 Å². The Labute approximate surface area is 121 Å². The van der Waals surface area contributed by atoms with Crippen LogP contribution in [0.2, 0.25) is 0 Å². The van der Waals surface area contributed by atoms with Crippen molar-refractivity contribution < 1.29 is 4.79 Å². The summed E-state index contributed by atoms with van der Waals surface area (Å²) in [6.45, 7) is 9.73. The van der Waals surface area contributed by atoms with Crippen molar-refractivity contribution in [3.8, 4) is 0 Å². The fourth-order valence-corrected chi connectivity index (χ4v) is 2.60. The molecule has 0 aromatic carbocycles. The lowest BCUT2D eigenvalue weighted by atomic mass is 10.1. The molecule has 0 fully saturated rings. The fraction of sp³-hybridized carbons (Fsp3) is 0.429. The lowest BCUT2D eigenvalue weighted by Gasteiger charge is -2.20. The van der Waals surface area contributed by atoms with Crippen molar-refractivity contribution in [1.29, 1.82) is 0 Å². The van der Waals surface area contributed by atoms with Crippen LogP contribution in [0.4, 0.5) is 0 Å². The van der Waals surface area contributed by atoms with E-state index in [1.54, 1.807) is 0 Å². The molecule has 0 aliphatic rings. The van der Waals surface area contributed by atoms with Gasteiger partial charge >= 0.3 is 0 Å². The molecular weight excluding hydrogens is 306 g/mol. The molecule has 1 N–H and O–H groups in total. The smallest absolute Gasteiger partial charge is 0.270 e. The molecule has 0 saturated heterocycles. The first-order valence-electron chi connectivity index (χ1n) is 6.16. The number of nitrogens with zero attached hydrogens (tertiary/aromatic N) is 2. The van der Waals surface area contributed by atoms with Gasteiger partial charge in [-0.2, -0.15) is 0 Å². The number of carbonyl (C=O) groups excluding carboxylic acids is 1. The van der Waals surface area contributed by atoms with Gasteiger partial charge in [-0.05, 0) is 62.2 Å². The van der Waals surface area contributed by atoms with E-state index < -0.39 is 0 Å². The van der Waals surface area contributed by atoms with Crippen LogP contribution in [-0.2, 0) is 0 Å². The van der Waals surface area contributed by atoms with Gasteiger partial charge in [0.2, 0.25) is 0 Å². The number of nitrogens with one attached hydrogen (secondary N) is 1. The van der Waals surface area contributed by atoms with Crippen molar-refractivity contribution in [2.24, 2.45) is 0 Å². The third kappa shape index (κ3) is 2.81. The second-order valence-corrected chi connectivity index (χ2v) is 6.70. The van der Waals surface area contributed by atoms with E-state index in [1.165, 1.54) is 0 Å². The zero-order valence-corrected chi connectivity index (χ0v) is 13.4. The molecule has 102 valence electrons. The lowest BCUT2D eigenvalue weighted by Crippen LogP contribution is -2.41. The van der Waals surface area contributed by atoms with Gasteiger partial charge in [-0.1, -0.05) is 0 Å². The Morgan fingerprint density at radius 3 is 2.58 bits per heavy atom. The van der Waals surface area contributed by atoms with Crippen molar-refractivity contribution in [1.82, 2.24) is 14.7 Å². The van der Waals surface area contributed by atoms with Crippen LogP contribution in [-0.4, -0.2) is 20.8 Å². The number of aromatic nitrogens is 2. The molecule has 2 heterocycles. The highest BCUT2D eigenvalue weighted by atomic mass is 79.9. The van der Waals surface area contributed by atoms with Gasteiger partial charge in [0.25, 0.3) is 5.91 Å². The first-order chi connectivity index (χ1) is 8.69. The highest BCUT2D eigenvalue weighted by Crippen LogP contribution is 2.20. The van der Waals surface area contributed by atoms with E-state index in [2.05, 4.69) is 26.2 Å². The summed E-state index contributed by atoms with van der Waals surface area (Å²) in [5, 5.41) is 2.98. The molecule has 4 nitrogen and oxygen atoms in total. The highest BCUT2D eigenvalue weighted by Gasteiger charge is 2.21. The molecule has 2 aromatic heterocycles. The van der Waals surface area contributed by atoms with Crippen LogP contribution >= 0.6 is 15.9 Å². The maximum Gasteiger partial charge on any atom is 0.270 e. The molecule has 0 unspecified atom stereocenters. The number of amides is 1. The van der Waals surface area contributed by atoms with Crippen LogP contribution in [0.15, 0.2) is 16.7 Å². The summed E-state index contributed by atoms with van der Waals surface area (Å²) in [7, 11) is 0. The van der Waals surface area contributed by atoms with Gasteiger partial charge in [-0.25, -0.2) is 4.98 Å². The number of hydrogen-bond acceptors (Lipinski definition) is 2. The summed E-state index contributed by atoms with van der Waals surface area (Å²) in [6.07, 6.45) is 1.87. The van der Waals surface area contributed by atoms with Gasteiger partial charge in [0.05, 0.1) is 5.69 Å². The molecular formula is C14H18BrN3O. The quantitative estimate of drug-likeness (QED) is 0.875. The molecule has 0 aliphatic heterocycles. The average molecular weight is 324 g/mol. The fourth-order valence-electron chi connectivity index (χ4n) is 2.06. The summed E-state index contributed by atoms with van der Waals surface area (Å²) in [6, 6.07) is 1.99. The van der Waals surface area contributed by atoms with Crippen LogP contribution in [0.25, 0.3) is 5.65 Å². The van der Waals surface area contributed by atoms with Gasteiger partial charge in [0, 0.05) is 16.2 Å². The van der Waals surface area contributed by atoms with Gasteiger partial charge in [0.15, 0.2) is 0 Å². The minimum absolute atomic E-state index is 0.102. The Bertz CT molecular complexity index is 653. The molecule has 0 spiro atoms. The Balaban J connectivity index is 2.60. The number of pyridine rings is 1. The number of rotatable bonds is 1. The van der Waals surface area contributed by atoms with E-state index in [0.29, 0.717) is 5.69 Å². The van der Waals surface area contributed by atoms with Crippen LogP contribution in [0.3, 0.4) is 0 Å². The zero-order chi connectivity index (χ0) is 14.4. The van der Waals surface area contributed by atoms with E-state index in [0.717, 1.165) is 21.4 Å². The molecule has 1 amide bonds. The van der Waals surface area contributed by atoms with E-state index in [9.17, 15) is 4.79 Å². The summed E-state index contributed by atoms with van der Waals surface area (Å²) < 4.78 is 2.77. The predicted octanol–water partition coefficient (Wildman–Crippen LogP) is 3.24. The van der Waals surface area contributed by atoms with Gasteiger partial charge in [-0.3, -0.25) is 9.20 Å². The highest BCUT2D eigenvalue weighted by molar-refractivity contribution is 9.10. The maximum absolute atomic E-state index is 12.4. The van der Waals surface area contributed by atoms with Crippen LogP contribution in [0.1, 0.15) is 42.5 Å². The second-order valence-electron chi connectivity index (χ2n) is 5.78. The van der Waals surface area contributed by atoms with E-state index >= 15 is 0 Å². The van der Waals surface area contributed by atoms with Crippen LogP contribution < -0.4 is 5.32 Å². The van der Waals surface area contributed by atoms with Gasteiger partial charge in [-0.15, -0.1) is 0 Å². The van der Waals surface area contributed by atoms with E-state index in [4.69, 9.17) is 0 Å². The Kier molecular flexibility index (Phi) is 3.43. The number of imidazole rings is 1. The molecule has 0 aliphatic carbocycles. The number of carbonyl (C=O) groups is 1. The largest absolute Gasteiger partial charge is 0.346 e. The van der Waals surface area contributed by atoms with E-state index in [-0.39, 0.29) is 11.4 Å². The molecule has 2 aromatic rings. The number of halogens is 1. The molecule has 0 radical (unpaired) electrons. The van der Waals surface area contributed by atoms with Crippen molar-refractivity contribution in [3.63, 3.8) is 0 Å². The average Bonchev–Trinajstić information content (AvgIpc) is 2.52. The van der Waals surface area contributed by atoms with Crippen molar-refractivity contribution in [3.05, 3.63) is 33.7 Å². The number of hydrogen-bond donors (Lipinski definition) is 1. The summed E-state index contributed by atoms with van der Waals surface area (Å²) in [4.78, 5) is 16.9. The Morgan fingerprint density at radius 1 is 1.37 bits per heavy atom. The Hall–Kier alpha value is -1.36. The summed E-state index contributed by atoms with van der Waals surface area (Å²) >= 11 is 3.46. The maximum atomic E-state index is 12.4. The standard InChI is InChI=1S/C14H18BrN3O/c1-8-6-10(15)7-18-11(9(2)16-12(8)18)13(19)17-14(3,4)5/h6-7H,1-5H3,(H,17,19). The van der Waals surface area contributed by atoms with Crippen LogP contribution in [0, 0.1) is 13.8 Å². The molecule has 2 rings (SSSR count). The van der Waals surface area contributed by atoms with Crippen molar-refractivity contribution in [2.45, 2.75) is 40.2 Å². The van der Waals surface area contributed by atoms with Gasteiger partial charge < -0.3 is 5.32 Å². The first kappa shape index (κ1) is 14.1. The molecule has 5 heteroatoms. The predicted molar refractivity (Wildman–Crippen MR) is 79.6 cm³/mol. The lowest BCUT2D eigenvalue weighted by molar-refractivity contribution is 0.0913. The zero-order valence-electron chi connectivity index (χ0n) is 11.8. The molecule has 19 heavy (non-hydrogen) atoms. The minimum Gasteiger partial charge on any atom is -0.346 e. The topological polar surface area (TPSA) is 46.4 Å². The van der Waals surface area contributed by atoms with Crippen LogP contribution in [0.5, 0.6) is 0 Å². The third-order valence-corrected chi connectivity index (χ3v) is 3.18. The third-order valence-electron chi connectivity index (χ3n) is 2.75. The summed E-state index contributed by atoms with van der Waals surface area (Å²) in [5.41, 5.74) is 2.92. The molecule has 0 bridgehead atoms. The van der Waals surface area contributed by atoms with E-state index in [1.807, 2.05) is 51.3 Å². The Morgan fingerprint density at radius 2 is 2.00 bits per heavy atom. The summed E-state index contributed by atoms with van der Waals surface area (Å²) in [5.74, 6) is -0.102. The van der Waals surface area contributed by atoms with Crippen molar-refractivity contribution in [2.75, 3.05) is 0 Å². The second kappa shape index (κ2) is 4.63. The monoisotopic (exact) mass is 323 g/mol. The first-order valence-corrected chi connectivity index (χ1v) is 6.95. The molecule has 0 atom stereocenters. The SMILES string of the molecule is Cc1nc2c(C)cc(Br)cn2c1C(=O)NC(C)(C)C. The molecule has 0 saturated carbocycles. The minimum atomic E-state index is -0.269. The number of fused-ring (bicyclic) bond motifs is 1.